The summed E-state index contributed by atoms with van der Waals surface area (Å²) in [6.07, 6.45) is 0. The van der Waals surface area contributed by atoms with Crippen molar-refractivity contribution in [3.05, 3.63) is 23.0 Å². The number of amides is 2. The second-order valence-electron chi connectivity index (χ2n) is 6.05. The number of aryl methyl sites for hydroxylation is 1. The smallest absolute Gasteiger partial charge is 0.255 e. The van der Waals surface area contributed by atoms with E-state index in [9.17, 15) is 9.59 Å². The topological polar surface area (TPSA) is 45.6 Å². The molecule has 1 aromatic rings. The first-order valence-corrected chi connectivity index (χ1v) is 7.56. The zero-order chi connectivity index (χ0) is 15.7. The summed E-state index contributed by atoms with van der Waals surface area (Å²) in [5, 5.41) is 0. The third kappa shape index (κ3) is 2.96. The molecule has 1 aliphatic heterocycles. The van der Waals surface area contributed by atoms with Crippen LogP contribution in [0.5, 0.6) is 0 Å². The lowest BCUT2D eigenvalue weighted by atomic mass is 10.2. The van der Waals surface area contributed by atoms with Crippen molar-refractivity contribution in [3.63, 3.8) is 0 Å². The molecule has 21 heavy (non-hydrogen) atoms. The second kappa shape index (κ2) is 5.92. The van der Waals surface area contributed by atoms with Crippen LogP contribution in [0.4, 0.5) is 0 Å². The Morgan fingerprint density at radius 2 is 1.57 bits per heavy atom. The molecule has 0 unspecified atom stereocenters. The Balaban J connectivity index is 2.15. The van der Waals surface area contributed by atoms with Gasteiger partial charge in [-0.2, -0.15) is 0 Å². The van der Waals surface area contributed by atoms with Crippen molar-refractivity contribution in [2.75, 3.05) is 26.2 Å². The Labute approximate surface area is 126 Å². The molecule has 1 fully saturated rings. The number of rotatable bonds is 2. The minimum absolute atomic E-state index is 0.0817. The van der Waals surface area contributed by atoms with E-state index < -0.39 is 0 Å². The molecule has 0 spiro atoms. The quantitative estimate of drug-likeness (QED) is 0.836. The fourth-order valence-electron chi connectivity index (χ4n) is 3.18. The summed E-state index contributed by atoms with van der Waals surface area (Å²) in [7, 11) is 0. The van der Waals surface area contributed by atoms with Gasteiger partial charge in [-0.15, -0.1) is 0 Å². The van der Waals surface area contributed by atoms with Crippen molar-refractivity contribution in [1.82, 2.24) is 14.4 Å². The number of aromatic nitrogens is 1. The number of carbonyl (C=O) groups excluding carboxylic acids is 2. The zero-order valence-corrected chi connectivity index (χ0v) is 13.6. The molecule has 0 saturated carbocycles. The molecule has 0 N–H and O–H groups in total. The summed E-state index contributed by atoms with van der Waals surface area (Å²) in [6, 6.07) is 2.33. The van der Waals surface area contributed by atoms with E-state index in [1.54, 1.807) is 11.8 Å². The van der Waals surface area contributed by atoms with Gasteiger partial charge < -0.3 is 14.4 Å². The maximum Gasteiger partial charge on any atom is 0.255 e. The molecule has 0 aromatic carbocycles. The molecule has 0 bridgehead atoms. The Morgan fingerprint density at radius 3 is 2.00 bits per heavy atom. The summed E-state index contributed by atoms with van der Waals surface area (Å²) < 4.78 is 2.19. The van der Waals surface area contributed by atoms with Gasteiger partial charge in [-0.1, -0.05) is 0 Å². The molecule has 1 aromatic heterocycles. The molecule has 116 valence electrons. The minimum Gasteiger partial charge on any atom is -0.346 e. The Kier molecular flexibility index (Phi) is 4.40. The predicted octanol–water partition coefficient (Wildman–Crippen LogP) is 1.99. The molecule has 0 radical (unpaired) electrons. The zero-order valence-electron chi connectivity index (χ0n) is 13.6. The third-order valence-electron chi connectivity index (χ3n) is 4.24. The van der Waals surface area contributed by atoms with E-state index in [-0.39, 0.29) is 11.8 Å². The molecule has 0 aliphatic carbocycles. The highest BCUT2D eigenvalue weighted by Gasteiger charge is 2.26. The number of carbonyl (C=O) groups is 2. The van der Waals surface area contributed by atoms with Crippen LogP contribution >= 0.6 is 0 Å². The van der Waals surface area contributed by atoms with Crippen molar-refractivity contribution < 1.29 is 9.59 Å². The highest BCUT2D eigenvalue weighted by atomic mass is 16.2. The predicted molar refractivity (Wildman–Crippen MR) is 82.4 cm³/mol. The van der Waals surface area contributed by atoms with Gasteiger partial charge in [0.15, 0.2) is 0 Å². The van der Waals surface area contributed by atoms with E-state index in [2.05, 4.69) is 18.4 Å². The molecular formula is C16H25N3O2. The van der Waals surface area contributed by atoms with Crippen LogP contribution in [-0.2, 0) is 4.79 Å². The average molecular weight is 291 g/mol. The Morgan fingerprint density at radius 1 is 1.05 bits per heavy atom. The van der Waals surface area contributed by atoms with Crippen LogP contribution < -0.4 is 0 Å². The van der Waals surface area contributed by atoms with Crippen LogP contribution in [0.2, 0.25) is 0 Å². The highest BCUT2D eigenvalue weighted by Crippen LogP contribution is 2.22. The number of hydrogen-bond acceptors (Lipinski definition) is 2. The van der Waals surface area contributed by atoms with Gasteiger partial charge >= 0.3 is 0 Å². The van der Waals surface area contributed by atoms with Crippen molar-refractivity contribution in [2.24, 2.45) is 0 Å². The number of hydrogen-bond donors (Lipinski definition) is 0. The lowest BCUT2D eigenvalue weighted by molar-refractivity contribution is -0.130. The van der Waals surface area contributed by atoms with Crippen molar-refractivity contribution in [3.8, 4) is 0 Å². The normalized spacial score (nSPS) is 15.7. The van der Waals surface area contributed by atoms with E-state index >= 15 is 0 Å². The van der Waals surface area contributed by atoms with Gasteiger partial charge in [0.1, 0.15) is 0 Å². The van der Waals surface area contributed by atoms with E-state index in [0.29, 0.717) is 32.2 Å². The Hall–Kier alpha value is -1.78. The monoisotopic (exact) mass is 291 g/mol. The first kappa shape index (κ1) is 15.6. The molecule has 1 saturated heterocycles. The van der Waals surface area contributed by atoms with E-state index in [1.807, 2.05) is 24.8 Å². The fourth-order valence-corrected chi connectivity index (χ4v) is 3.18. The van der Waals surface area contributed by atoms with Crippen molar-refractivity contribution >= 4 is 11.8 Å². The Bertz CT molecular complexity index is 552. The van der Waals surface area contributed by atoms with Crippen molar-refractivity contribution in [1.29, 1.82) is 0 Å². The third-order valence-corrected chi connectivity index (χ3v) is 4.24. The van der Waals surface area contributed by atoms with Gasteiger partial charge in [-0.05, 0) is 33.8 Å². The second-order valence-corrected chi connectivity index (χ2v) is 6.05. The first-order chi connectivity index (χ1) is 9.82. The fraction of sp³-hybridized carbons (Fsp3) is 0.625. The standard InChI is InChI=1S/C16H25N3O2/c1-11(2)19-12(3)10-15(13(19)4)16(21)18-8-6-17(7-9-18)14(5)20/h10-11H,6-9H2,1-5H3. The van der Waals surface area contributed by atoms with Crippen LogP contribution in [0.15, 0.2) is 6.07 Å². The molecule has 2 rings (SSSR count). The van der Waals surface area contributed by atoms with Crippen LogP contribution in [-0.4, -0.2) is 52.4 Å². The summed E-state index contributed by atoms with van der Waals surface area (Å²) in [5.41, 5.74) is 2.94. The molecule has 2 amide bonds. The lowest BCUT2D eigenvalue weighted by Crippen LogP contribution is -2.50. The highest BCUT2D eigenvalue weighted by molar-refractivity contribution is 5.96. The van der Waals surface area contributed by atoms with Gasteiger partial charge in [0.05, 0.1) is 5.56 Å². The van der Waals surface area contributed by atoms with Crippen LogP contribution in [0, 0.1) is 13.8 Å². The maximum absolute atomic E-state index is 12.7. The molecule has 0 atom stereocenters. The van der Waals surface area contributed by atoms with Crippen LogP contribution in [0.25, 0.3) is 0 Å². The van der Waals surface area contributed by atoms with Gasteiger partial charge in [-0.3, -0.25) is 9.59 Å². The van der Waals surface area contributed by atoms with Gasteiger partial charge in [0.2, 0.25) is 5.91 Å². The van der Waals surface area contributed by atoms with Crippen molar-refractivity contribution in [2.45, 2.75) is 40.7 Å². The number of piperazine rings is 1. The molecule has 5 heteroatoms. The van der Waals surface area contributed by atoms with Gasteiger partial charge in [0.25, 0.3) is 5.91 Å². The molecule has 1 aliphatic rings. The summed E-state index contributed by atoms with van der Waals surface area (Å²) >= 11 is 0. The summed E-state index contributed by atoms with van der Waals surface area (Å²) in [5.74, 6) is 0.165. The van der Waals surface area contributed by atoms with E-state index in [1.165, 1.54) is 0 Å². The molecular weight excluding hydrogens is 266 g/mol. The summed E-state index contributed by atoms with van der Waals surface area (Å²) in [4.78, 5) is 27.7. The molecule has 2 heterocycles. The first-order valence-electron chi connectivity index (χ1n) is 7.56. The average Bonchev–Trinajstić information content (AvgIpc) is 2.73. The minimum atomic E-state index is 0.0817. The molecule has 5 nitrogen and oxygen atoms in total. The largest absolute Gasteiger partial charge is 0.346 e. The number of nitrogens with zero attached hydrogens (tertiary/aromatic N) is 3. The maximum atomic E-state index is 12.7. The lowest BCUT2D eigenvalue weighted by Gasteiger charge is -2.34. The van der Waals surface area contributed by atoms with Gasteiger partial charge in [0, 0.05) is 50.5 Å². The van der Waals surface area contributed by atoms with E-state index in [4.69, 9.17) is 0 Å². The van der Waals surface area contributed by atoms with E-state index in [0.717, 1.165) is 17.0 Å². The SMILES string of the molecule is CC(=O)N1CCN(C(=O)c2cc(C)n(C(C)C)c2C)CC1. The summed E-state index contributed by atoms with van der Waals surface area (Å²) in [6.45, 7) is 12.4. The van der Waals surface area contributed by atoms with Crippen LogP contribution in [0.3, 0.4) is 0 Å². The van der Waals surface area contributed by atoms with Crippen LogP contribution in [0.1, 0.15) is 48.6 Å². The van der Waals surface area contributed by atoms with Gasteiger partial charge in [-0.25, -0.2) is 0 Å².